The minimum Gasteiger partial charge on any atom is -0.357 e. The number of allylic oxidation sites excluding steroid dienone is 2. The summed E-state index contributed by atoms with van der Waals surface area (Å²) >= 11 is 1.63. The number of carbonyl (C=O) groups excluding carboxylic acids is 1. The highest BCUT2D eigenvalue weighted by Gasteiger charge is 2.35. The number of Topliss-reactive ketones (excluding diaryl/α,β-unsaturated/α-hetero) is 1. The van der Waals surface area contributed by atoms with Crippen molar-refractivity contribution in [2.24, 2.45) is 5.41 Å². The summed E-state index contributed by atoms with van der Waals surface area (Å²) in [5.41, 5.74) is 3.55. The molecule has 1 N–H and O–H groups in total. The zero-order valence-electron chi connectivity index (χ0n) is 11.0. The molecule has 0 saturated heterocycles. The van der Waals surface area contributed by atoms with E-state index in [1.165, 1.54) is 10.5 Å². The van der Waals surface area contributed by atoms with Crippen molar-refractivity contribution in [2.45, 2.75) is 38.5 Å². The van der Waals surface area contributed by atoms with Crippen LogP contribution in [-0.4, -0.2) is 5.78 Å². The van der Waals surface area contributed by atoms with E-state index in [1.54, 1.807) is 11.8 Å². The average molecular weight is 259 g/mol. The lowest BCUT2D eigenvalue weighted by Crippen LogP contribution is -2.28. The van der Waals surface area contributed by atoms with E-state index in [0.29, 0.717) is 6.42 Å². The van der Waals surface area contributed by atoms with Crippen molar-refractivity contribution >= 4 is 23.2 Å². The van der Waals surface area contributed by atoms with E-state index >= 15 is 0 Å². The fourth-order valence-electron chi connectivity index (χ4n) is 2.61. The predicted octanol–water partition coefficient (Wildman–Crippen LogP) is 4.11. The van der Waals surface area contributed by atoms with Gasteiger partial charge in [-0.25, -0.2) is 0 Å². The molecule has 3 heteroatoms. The Morgan fingerprint density at radius 1 is 1.28 bits per heavy atom. The standard InChI is InChI=1S/C15H17NOS/c1-9-4-5-10-13(6-9)18-14-11(16-10)7-15(2,3)8-12(14)17/h4-6,16H,7-8H2,1-3H3. The summed E-state index contributed by atoms with van der Waals surface area (Å²) in [6, 6.07) is 6.35. The first-order valence-corrected chi connectivity index (χ1v) is 7.08. The van der Waals surface area contributed by atoms with Crippen molar-refractivity contribution in [2.75, 3.05) is 5.32 Å². The van der Waals surface area contributed by atoms with Gasteiger partial charge < -0.3 is 5.32 Å². The molecule has 0 saturated carbocycles. The van der Waals surface area contributed by atoms with E-state index in [9.17, 15) is 4.79 Å². The number of carbonyl (C=O) groups is 1. The summed E-state index contributed by atoms with van der Waals surface area (Å²) < 4.78 is 0. The first-order chi connectivity index (χ1) is 8.44. The summed E-state index contributed by atoms with van der Waals surface area (Å²) in [5, 5.41) is 3.45. The van der Waals surface area contributed by atoms with Gasteiger partial charge in [-0.3, -0.25) is 4.79 Å². The van der Waals surface area contributed by atoms with Crippen molar-refractivity contribution in [1.82, 2.24) is 0 Å². The summed E-state index contributed by atoms with van der Waals surface area (Å²) in [4.78, 5) is 14.3. The Labute approximate surface area is 112 Å². The Balaban J connectivity index is 2.02. The van der Waals surface area contributed by atoms with Crippen LogP contribution >= 0.6 is 11.8 Å². The first-order valence-electron chi connectivity index (χ1n) is 6.26. The Hall–Kier alpha value is -1.22. The number of nitrogens with one attached hydrogen (secondary N) is 1. The molecule has 0 unspecified atom stereocenters. The van der Waals surface area contributed by atoms with Gasteiger partial charge in [-0.05, 0) is 36.5 Å². The second-order valence-corrected chi connectivity index (χ2v) is 7.03. The number of hydrogen-bond acceptors (Lipinski definition) is 3. The number of fused-ring (bicyclic) bond motifs is 1. The molecule has 1 aliphatic carbocycles. The molecule has 2 nitrogen and oxygen atoms in total. The molecule has 0 aromatic heterocycles. The van der Waals surface area contributed by atoms with Crippen LogP contribution in [0, 0.1) is 12.3 Å². The second kappa shape index (κ2) is 3.89. The van der Waals surface area contributed by atoms with Crippen LogP contribution in [0.25, 0.3) is 0 Å². The third-order valence-corrected chi connectivity index (χ3v) is 4.69. The maximum atomic E-state index is 12.2. The largest absolute Gasteiger partial charge is 0.357 e. The number of ketones is 1. The molecule has 3 rings (SSSR count). The van der Waals surface area contributed by atoms with Gasteiger partial charge in [0.05, 0.1) is 10.6 Å². The van der Waals surface area contributed by atoms with Crippen LogP contribution in [-0.2, 0) is 4.79 Å². The van der Waals surface area contributed by atoms with Gasteiger partial charge in [0, 0.05) is 17.0 Å². The number of benzene rings is 1. The number of hydrogen-bond donors (Lipinski definition) is 1. The van der Waals surface area contributed by atoms with Crippen LogP contribution in [0.4, 0.5) is 5.69 Å². The van der Waals surface area contributed by atoms with Gasteiger partial charge in [0.15, 0.2) is 5.78 Å². The van der Waals surface area contributed by atoms with E-state index in [2.05, 4.69) is 44.3 Å². The number of rotatable bonds is 0. The highest BCUT2D eigenvalue weighted by molar-refractivity contribution is 8.04. The highest BCUT2D eigenvalue weighted by Crippen LogP contribution is 2.48. The lowest BCUT2D eigenvalue weighted by molar-refractivity contribution is -0.117. The molecule has 1 aromatic rings. The van der Waals surface area contributed by atoms with Crippen LogP contribution in [0.2, 0.25) is 0 Å². The summed E-state index contributed by atoms with van der Waals surface area (Å²) in [5.74, 6) is 0.283. The average Bonchev–Trinajstić information content (AvgIpc) is 2.26. The van der Waals surface area contributed by atoms with E-state index in [4.69, 9.17) is 0 Å². The van der Waals surface area contributed by atoms with Gasteiger partial charge in [0.1, 0.15) is 0 Å². The number of aryl methyl sites for hydroxylation is 1. The Bertz CT molecular complexity index is 572. The van der Waals surface area contributed by atoms with Crippen molar-refractivity contribution in [3.63, 3.8) is 0 Å². The third-order valence-electron chi connectivity index (χ3n) is 3.46. The fourth-order valence-corrected chi connectivity index (χ4v) is 3.74. The minimum absolute atomic E-state index is 0.0751. The smallest absolute Gasteiger partial charge is 0.171 e. The number of thioether (sulfide) groups is 1. The molecular formula is C15H17NOS. The molecule has 0 bridgehead atoms. The monoisotopic (exact) mass is 259 g/mol. The molecule has 0 spiro atoms. The third kappa shape index (κ3) is 1.97. The van der Waals surface area contributed by atoms with E-state index in [0.717, 1.165) is 22.7 Å². The lowest BCUT2D eigenvalue weighted by atomic mass is 9.78. The van der Waals surface area contributed by atoms with Crippen LogP contribution in [0.5, 0.6) is 0 Å². The topological polar surface area (TPSA) is 29.1 Å². The van der Waals surface area contributed by atoms with Crippen molar-refractivity contribution in [3.8, 4) is 0 Å². The fraction of sp³-hybridized carbons (Fsp3) is 0.400. The molecule has 1 heterocycles. The molecule has 2 aliphatic rings. The predicted molar refractivity (Wildman–Crippen MR) is 75.7 cm³/mol. The van der Waals surface area contributed by atoms with Crippen molar-refractivity contribution in [1.29, 1.82) is 0 Å². The van der Waals surface area contributed by atoms with Gasteiger partial charge in [0.25, 0.3) is 0 Å². The zero-order valence-corrected chi connectivity index (χ0v) is 11.8. The van der Waals surface area contributed by atoms with Gasteiger partial charge in [0.2, 0.25) is 0 Å². The molecule has 94 valence electrons. The van der Waals surface area contributed by atoms with E-state index < -0.39 is 0 Å². The lowest BCUT2D eigenvalue weighted by Gasteiger charge is -2.35. The van der Waals surface area contributed by atoms with Gasteiger partial charge in [-0.15, -0.1) is 0 Å². The normalized spacial score (nSPS) is 21.2. The van der Waals surface area contributed by atoms with Gasteiger partial charge in [-0.2, -0.15) is 0 Å². The highest BCUT2D eigenvalue weighted by atomic mass is 32.2. The molecule has 18 heavy (non-hydrogen) atoms. The van der Waals surface area contributed by atoms with Crippen LogP contribution in [0.3, 0.4) is 0 Å². The Morgan fingerprint density at radius 2 is 2.06 bits per heavy atom. The minimum atomic E-state index is 0.0751. The quantitative estimate of drug-likeness (QED) is 0.760. The van der Waals surface area contributed by atoms with Gasteiger partial charge >= 0.3 is 0 Å². The first kappa shape index (κ1) is 11.8. The summed E-state index contributed by atoms with van der Waals surface area (Å²) in [6.07, 6.45) is 1.61. The molecule has 1 aliphatic heterocycles. The number of anilines is 1. The second-order valence-electron chi connectivity index (χ2n) is 5.98. The van der Waals surface area contributed by atoms with Crippen molar-refractivity contribution in [3.05, 3.63) is 34.4 Å². The molecule has 0 atom stereocenters. The zero-order chi connectivity index (χ0) is 12.9. The van der Waals surface area contributed by atoms with Crippen LogP contribution < -0.4 is 5.32 Å². The summed E-state index contributed by atoms with van der Waals surface area (Å²) in [7, 11) is 0. The molecule has 0 amide bonds. The SMILES string of the molecule is Cc1ccc2c(c1)SC1=C(CC(C)(C)CC1=O)N2. The summed E-state index contributed by atoms with van der Waals surface area (Å²) in [6.45, 7) is 6.40. The van der Waals surface area contributed by atoms with Crippen molar-refractivity contribution < 1.29 is 4.79 Å². The molecule has 0 radical (unpaired) electrons. The molecule has 1 aromatic carbocycles. The maximum absolute atomic E-state index is 12.2. The molecular weight excluding hydrogens is 242 g/mol. The maximum Gasteiger partial charge on any atom is 0.171 e. The Kier molecular flexibility index (Phi) is 2.56. The van der Waals surface area contributed by atoms with Crippen LogP contribution in [0.1, 0.15) is 32.3 Å². The van der Waals surface area contributed by atoms with Gasteiger partial charge in [-0.1, -0.05) is 31.7 Å². The molecule has 0 fully saturated rings. The Morgan fingerprint density at radius 3 is 2.83 bits per heavy atom. The van der Waals surface area contributed by atoms with E-state index in [-0.39, 0.29) is 11.2 Å². The van der Waals surface area contributed by atoms with Crippen LogP contribution in [0.15, 0.2) is 33.7 Å². The van der Waals surface area contributed by atoms with E-state index in [1.807, 2.05) is 0 Å².